The molecule has 0 aliphatic heterocycles. The van der Waals surface area contributed by atoms with Crippen LogP contribution in [-0.2, 0) is 4.79 Å². The van der Waals surface area contributed by atoms with Crippen molar-refractivity contribution in [3.63, 3.8) is 0 Å². The summed E-state index contributed by atoms with van der Waals surface area (Å²) in [5.41, 5.74) is 0.0162. The lowest BCUT2D eigenvalue weighted by Gasteiger charge is -2.19. The molecule has 1 amide bonds. The molecule has 1 aromatic heterocycles. The zero-order valence-corrected chi connectivity index (χ0v) is 11.6. The standard InChI is InChI=1S/C14H23N3O/c1-14(2,3)10-13(18)16-12-8-9-15-17(12)11-6-4-5-7-11/h8-9,11H,4-7,10H2,1-3H3,(H,16,18). The normalized spacial score (nSPS) is 17.1. The molecule has 0 radical (unpaired) electrons. The van der Waals surface area contributed by atoms with E-state index in [0.717, 1.165) is 5.82 Å². The van der Waals surface area contributed by atoms with Crippen LogP contribution < -0.4 is 5.32 Å². The van der Waals surface area contributed by atoms with Gasteiger partial charge in [0.15, 0.2) is 0 Å². The molecule has 1 aliphatic rings. The van der Waals surface area contributed by atoms with E-state index in [1.807, 2.05) is 10.7 Å². The Labute approximate surface area is 109 Å². The Morgan fingerprint density at radius 3 is 2.72 bits per heavy atom. The maximum absolute atomic E-state index is 11.9. The number of carbonyl (C=O) groups is 1. The molecule has 0 unspecified atom stereocenters. The third-order valence-corrected chi connectivity index (χ3v) is 3.30. The molecular formula is C14H23N3O. The van der Waals surface area contributed by atoms with Gasteiger partial charge in [0, 0.05) is 12.5 Å². The van der Waals surface area contributed by atoms with Gasteiger partial charge in [-0.1, -0.05) is 33.6 Å². The predicted molar refractivity (Wildman–Crippen MR) is 72.4 cm³/mol. The fourth-order valence-electron chi connectivity index (χ4n) is 2.52. The van der Waals surface area contributed by atoms with E-state index in [1.165, 1.54) is 25.7 Å². The molecule has 4 nitrogen and oxygen atoms in total. The minimum absolute atomic E-state index is 0.0162. The Balaban J connectivity index is 2.01. The molecule has 0 bridgehead atoms. The Kier molecular flexibility index (Phi) is 3.73. The Morgan fingerprint density at radius 2 is 2.11 bits per heavy atom. The molecule has 0 spiro atoms. The number of nitrogens with one attached hydrogen (secondary N) is 1. The summed E-state index contributed by atoms with van der Waals surface area (Å²) in [6.45, 7) is 6.21. The average Bonchev–Trinajstić information content (AvgIpc) is 2.82. The summed E-state index contributed by atoms with van der Waals surface area (Å²) in [6, 6.07) is 2.35. The van der Waals surface area contributed by atoms with Gasteiger partial charge in [0.2, 0.25) is 5.91 Å². The summed E-state index contributed by atoms with van der Waals surface area (Å²) < 4.78 is 1.98. The van der Waals surface area contributed by atoms with Crippen molar-refractivity contribution < 1.29 is 4.79 Å². The lowest BCUT2D eigenvalue weighted by molar-refractivity contribution is -0.117. The maximum atomic E-state index is 11.9. The van der Waals surface area contributed by atoms with Gasteiger partial charge in [-0.25, -0.2) is 4.68 Å². The van der Waals surface area contributed by atoms with Gasteiger partial charge in [-0.2, -0.15) is 5.10 Å². The van der Waals surface area contributed by atoms with Crippen molar-refractivity contribution in [2.45, 2.75) is 58.9 Å². The number of aromatic nitrogens is 2. The summed E-state index contributed by atoms with van der Waals surface area (Å²) in [4.78, 5) is 11.9. The molecule has 4 heteroatoms. The Hall–Kier alpha value is -1.32. The van der Waals surface area contributed by atoms with Crippen molar-refractivity contribution in [1.82, 2.24) is 9.78 Å². The second-order valence-electron chi connectivity index (χ2n) is 6.38. The number of anilines is 1. The second kappa shape index (κ2) is 5.12. The lowest BCUT2D eigenvalue weighted by Crippen LogP contribution is -2.22. The fraction of sp³-hybridized carbons (Fsp3) is 0.714. The number of nitrogens with zero attached hydrogens (tertiary/aromatic N) is 2. The van der Waals surface area contributed by atoms with Crippen LogP contribution in [0.2, 0.25) is 0 Å². The van der Waals surface area contributed by atoms with Crippen molar-refractivity contribution in [2.75, 3.05) is 5.32 Å². The summed E-state index contributed by atoms with van der Waals surface area (Å²) in [7, 11) is 0. The summed E-state index contributed by atoms with van der Waals surface area (Å²) >= 11 is 0. The topological polar surface area (TPSA) is 46.9 Å². The van der Waals surface area contributed by atoms with E-state index >= 15 is 0 Å². The number of rotatable bonds is 3. The first-order valence-corrected chi connectivity index (χ1v) is 6.79. The van der Waals surface area contributed by atoms with Gasteiger partial charge in [-0.3, -0.25) is 4.79 Å². The van der Waals surface area contributed by atoms with E-state index in [2.05, 4.69) is 31.2 Å². The number of carbonyl (C=O) groups excluding carboxylic acids is 1. The van der Waals surface area contributed by atoms with Gasteiger partial charge >= 0.3 is 0 Å². The van der Waals surface area contributed by atoms with Gasteiger partial charge in [-0.15, -0.1) is 0 Å². The smallest absolute Gasteiger partial charge is 0.226 e. The minimum atomic E-state index is 0.0162. The molecule has 1 saturated carbocycles. The number of hydrogen-bond donors (Lipinski definition) is 1. The quantitative estimate of drug-likeness (QED) is 0.892. The first-order valence-electron chi connectivity index (χ1n) is 6.79. The molecule has 1 aromatic rings. The molecule has 0 aromatic carbocycles. The van der Waals surface area contributed by atoms with Gasteiger partial charge in [0.25, 0.3) is 0 Å². The van der Waals surface area contributed by atoms with E-state index in [1.54, 1.807) is 6.20 Å². The molecule has 2 rings (SSSR count). The number of amides is 1. The predicted octanol–water partition coefficient (Wildman–Crippen LogP) is 3.37. The van der Waals surface area contributed by atoms with Crippen molar-refractivity contribution >= 4 is 11.7 Å². The average molecular weight is 249 g/mol. The van der Waals surface area contributed by atoms with E-state index in [0.29, 0.717) is 12.5 Å². The molecule has 1 fully saturated rings. The molecule has 0 saturated heterocycles. The molecule has 1 N–H and O–H groups in total. The first-order chi connectivity index (χ1) is 8.46. The second-order valence-corrected chi connectivity index (χ2v) is 6.38. The van der Waals surface area contributed by atoms with E-state index in [9.17, 15) is 4.79 Å². The summed E-state index contributed by atoms with van der Waals surface area (Å²) in [5.74, 6) is 0.915. The zero-order valence-electron chi connectivity index (χ0n) is 11.6. The third-order valence-electron chi connectivity index (χ3n) is 3.30. The molecule has 0 atom stereocenters. The largest absolute Gasteiger partial charge is 0.311 e. The SMILES string of the molecule is CC(C)(C)CC(=O)Nc1ccnn1C1CCCC1. The van der Waals surface area contributed by atoms with Crippen LogP contribution in [0.4, 0.5) is 5.82 Å². The van der Waals surface area contributed by atoms with Crippen LogP contribution in [0.25, 0.3) is 0 Å². The zero-order chi connectivity index (χ0) is 13.2. The van der Waals surface area contributed by atoms with E-state index in [-0.39, 0.29) is 11.3 Å². The van der Waals surface area contributed by atoms with Crippen LogP contribution in [-0.4, -0.2) is 15.7 Å². The maximum Gasteiger partial charge on any atom is 0.226 e. The van der Waals surface area contributed by atoms with Crippen molar-refractivity contribution in [2.24, 2.45) is 5.41 Å². The highest BCUT2D eigenvalue weighted by Gasteiger charge is 2.21. The highest BCUT2D eigenvalue weighted by Crippen LogP contribution is 2.31. The monoisotopic (exact) mass is 249 g/mol. The Bertz CT molecular complexity index is 411. The number of hydrogen-bond acceptors (Lipinski definition) is 2. The van der Waals surface area contributed by atoms with Crippen LogP contribution in [0.15, 0.2) is 12.3 Å². The molecule has 100 valence electrons. The lowest BCUT2D eigenvalue weighted by atomic mass is 9.92. The molecule has 1 aliphatic carbocycles. The van der Waals surface area contributed by atoms with Crippen LogP contribution in [0, 0.1) is 5.41 Å². The van der Waals surface area contributed by atoms with E-state index in [4.69, 9.17) is 0 Å². The van der Waals surface area contributed by atoms with Crippen molar-refractivity contribution in [3.8, 4) is 0 Å². The third kappa shape index (κ3) is 3.34. The van der Waals surface area contributed by atoms with Crippen molar-refractivity contribution in [1.29, 1.82) is 0 Å². The highest BCUT2D eigenvalue weighted by molar-refractivity contribution is 5.90. The molecule has 1 heterocycles. The van der Waals surface area contributed by atoms with Gasteiger partial charge in [-0.05, 0) is 18.3 Å². The summed E-state index contributed by atoms with van der Waals surface area (Å²) in [5, 5.41) is 7.34. The van der Waals surface area contributed by atoms with Crippen molar-refractivity contribution in [3.05, 3.63) is 12.3 Å². The van der Waals surface area contributed by atoms with Gasteiger partial charge in [0.05, 0.1) is 12.2 Å². The highest BCUT2D eigenvalue weighted by atomic mass is 16.1. The van der Waals surface area contributed by atoms with Crippen LogP contribution in [0.5, 0.6) is 0 Å². The van der Waals surface area contributed by atoms with E-state index < -0.39 is 0 Å². The summed E-state index contributed by atoms with van der Waals surface area (Å²) in [6.07, 6.45) is 7.17. The fourth-order valence-corrected chi connectivity index (χ4v) is 2.52. The van der Waals surface area contributed by atoms with Gasteiger partial charge < -0.3 is 5.32 Å². The minimum Gasteiger partial charge on any atom is -0.311 e. The van der Waals surface area contributed by atoms with Crippen LogP contribution in [0.3, 0.4) is 0 Å². The first kappa shape index (κ1) is 13.1. The Morgan fingerprint density at radius 1 is 1.44 bits per heavy atom. The molecule has 18 heavy (non-hydrogen) atoms. The van der Waals surface area contributed by atoms with Crippen LogP contribution >= 0.6 is 0 Å². The molecular weight excluding hydrogens is 226 g/mol. The van der Waals surface area contributed by atoms with Gasteiger partial charge in [0.1, 0.15) is 5.82 Å². The van der Waals surface area contributed by atoms with Crippen LogP contribution in [0.1, 0.15) is 58.9 Å².